The third kappa shape index (κ3) is 2.81. The summed E-state index contributed by atoms with van der Waals surface area (Å²) in [5, 5.41) is 3.02. The van der Waals surface area contributed by atoms with Crippen LogP contribution in [0.15, 0.2) is 40.1 Å². The van der Waals surface area contributed by atoms with Gasteiger partial charge in [0, 0.05) is 18.8 Å². The maximum atomic E-state index is 12.5. The van der Waals surface area contributed by atoms with Crippen LogP contribution in [-0.2, 0) is 6.54 Å². The molecule has 2 aromatic heterocycles. The smallest absolute Gasteiger partial charge is 0.330 e. The molecule has 9 nitrogen and oxygen atoms in total. The minimum Gasteiger partial charge on any atom is -0.454 e. The molecule has 3 aromatic rings. The Labute approximate surface area is 157 Å². The molecule has 1 aliphatic heterocycles. The van der Waals surface area contributed by atoms with E-state index in [1.807, 2.05) is 6.07 Å². The number of H-pyrrole nitrogens is 1. The molecule has 0 atom stereocenters. The molecule has 0 unspecified atom stereocenters. The number of aromatic nitrogens is 3. The number of carbonyl (C=O) groups is 1. The van der Waals surface area contributed by atoms with Crippen molar-refractivity contribution in [3.8, 4) is 11.5 Å². The molecule has 0 radical (unpaired) electrons. The molecule has 142 valence electrons. The number of fused-ring (bicyclic) bond motifs is 2. The monoisotopic (exact) mass is 380 g/mol. The van der Waals surface area contributed by atoms with Crippen molar-refractivity contribution in [3.63, 3.8) is 0 Å². The van der Waals surface area contributed by atoms with Crippen molar-refractivity contribution < 1.29 is 14.3 Å². The van der Waals surface area contributed by atoms with Crippen molar-refractivity contribution in [1.29, 1.82) is 0 Å². The van der Waals surface area contributed by atoms with Crippen LogP contribution < -0.4 is 26.0 Å². The summed E-state index contributed by atoms with van der Waals surface area (Å²) < 4.78 is 12.1. The number of hydrogen-bond acceptors (Lipinski definition) is 6. The van der Waals surface area contributed by atoms with Gasteiger partial charge < -0.3 is 14.8 Å². The number of ether oxygens (including phenoxy) is 2. The van der Waals surface area contributed by atoms with Gasteiger partial charge in [-0.05, 0) is 36.6 Å². The molecule has 0 bridgehead atoms. The number of amides is 1. The van der Waals surface area contributed by atoms with Gasteiger partial charge in [-0.2, -0.15) is 0 Å². The number of rotatable bonds is 4. The molecule has 1 amide bonds. The maximum absolute atomic E-state index is 12.5. The molecular weight excluding hydrogens is 364 g/mol. The number of aromatic amines is 1. The van der Waals surface area contributed by atoms with Crippen molar-refractivity contribution in [2.75, 3.05) is 6.79 Å². The zero-order valence-electron chi connectivity index (χ0n) is 14.7. The molecule has 2 aliphatic rings. The number of pyridine rings is 1. The van der Waals surface area contributed by atoms with E-state index < -0.39 is 11.2 Å². The standard InChI is InChI=1S/C19H16N4O5/c24-17(21-7-10-1-4-14-15(5-10)28-9-27-14)11-6-13-16(20-8-11)23(12-2-3-12)19(26)22-18(13)25/h1,4-6,8,12H,2-3,7,9H2,(H,21,24)(H,22,25,26). The van der Waals surface area contributed by atoms with Gasteiger partial charge in [-0.15, -0.1) is 0 Å². The molecule has 1 aliphatic carbocycles. The van der Waals surface area contributed by atoms with E-state index >= 15 is 0 Å². The van der Waals surface area contributed by atoms with Gasteiger partial charge >= 0.3 is 5.69 Å². The van der Waals surface area contributed by atoms with Crippen molar-refractivity contribution in [2.45, 2.75) is 25.4 Å². The molecule has 5 rings (SSSR count). The normalized spacial score (nSPS) is 15.0. The summed E-state index contributed by atoms with van der Waals surface area (Å²) >= 11 is 0. The first-order valence-corrected chi connectivity index (χ1v) is 8.91. The van der Waals surface area contributed by atoms with Crippen LogP contribution in [0, 0.1) is 0 Å². The lowest BCUT2D eigenvalue weighted by atomic mass is 10.2. The van der Waals surface area contributed by atoms with Crippen molar-refractivity contribution in [1.82, 2.24) is 19.9 Å². The van der Waals surface area contributed by atoms with Crippen molar-refractivity contribution in [2.24, 2.45) is 0 Å². The summed E-state index contributed by atoms with van der Waals surface area (Å²) in [6, 6.07) is 6.96. The Balaban J connectivity index is 1.40. The van der Waals surface area contributed by atoms with E-state index in [-0.39, 0.29) is 36.2 Å². The van der Waals surface area contributed by atoms with Crippen molar-refractivity contribution >= 4 is 16.9 Å². The lowest BCUT2D eigenvalue weighted by molar-refractivity contribution is 0.0950. The lowest BCUT2D eigenvalue weighted by Crippen LogP contribution is -2.31. The van der Waals surface area contributed by atoms with Crippen LogP contribution >= 0.6 is 0 Å². The number of carbonyl (C=O) groups excluding carboxylic acids is 1. The molecule has 9 heteroatoms. The highest BCUT2D eigenvalue weighted by Crippen LogP contribution is 2.35. The Morgan fingerprint density at radius 1 is 1.21 bits per heavy atom. The molecule has 0 spiro atoms. The van der Waals surface area contributed by atoms with E-state index in [9.17, 15) is 14.4 Å². The lowest BCUT2D eigenvalue weighted by Gasteiger charge is -2.09. The molecular formula is C19H16N4O5. The fourth-order valence-corrected chi connectivity index (χ4v) is 3.27. The van der Waals surface area contributed by atoms with E-state index in [1.54, 1.807) is 12.1 Å². The van der Waals surface area contributed by atoms with E-state index in [0.717, 1.165) is 18.4 Å². The molecule has 1 saturated carbocycles. The van der Waals surface area contributed by atoms with Gasteiger partial charge in [0.15, 0.2) is 11.5 Å². The Bertz CT molecular complexity index is 1230. The summed E-state index contributed by atoms with van der Waals surface area (Å²) in [7, 11) is 0. The van der Waals surface area contributed by atoms with Crippen LogP contribution in [0.25, 0.3) is 11.0 Å². The second-order valence-corrected chi connectivity index (χ2v) is 6.83. The molecule has 0 saturated heterocycles. The number of hydrogen-bond donors (Lipinski definition) is 2. The first-order chi connectivity index (χ1) is 13.6. The summed E-state index contributed by atoms with van der Waals surface area (Å²) in [6.07, 6.45) is 3.13. The highest BCUT2D eigenvalue weighted by Gasteiger charge is 2.27. The summed E-state index contributed by atoms with van der Waals surface area (Å²) in [5.41, 5.74) is 0.400. The zero-order valence-corrected chi connectivity index (χ0v) is 14.7. The highest BCUT2D eigenvalue weighted by atomic mass is 16.7. The predicted molar refractivity (Wildman–Crippen MR) is 98.6 cm³/mol. The van der Waals surface area contributed by atoms with Gasteiger partial charge in [-0.25, -0.2) is 9.78 Å². The fourth-order valence-electron chi connectivity index (χ4n) is 3.27. The molecule has 1 aromatic carbocycles. The van der Waals surface area contributed by atoms with Crippen LogP contribution in [0.3, 0.4) is 0 Å². The van der Waals surface area contributed by atoms with Crippen LogP contribution in [0.5, 0.6) is 11.5 Å². The third-order valence-electron chi connectivity index (χ3n) is 4.84. The minimum absolute atomic E-state index is 0.0602. The first kappa shape index (κ1) is 16.5. The molecule has 3 heterocycles. The van der Waals surface area contributed by atoms with E-state index in [4.69, 9.17) is 9.47 Å². The summed E-state index contributed by atoms with van der Waals surface area (Å²) in [4.78, 5) is 43.3. The SMILES string of the molecule is O=C(NCc1ccc2c(c1)OCO2)c1cnc2c(c1)c(=O)[nH]c(=O)n2C1CC1. The Hall–Kier alpha value is -3.62. The van der Waals surface area contributed by atoms with Gasteiger partial charge in [0.05, 0.1) is 10.9 Å². The first-order valence-electron chi connectivity index (χ1n) is 8.91. The zero-order chi connectivity index (χ0) is 19.3. The fraction of sp³-hybridized carbons (Fsp3) is 0.263. The largest absolute Gasteiger partial charge is 0.454 e. The Morgan fingerprint density at radius 2 is 2.04 bits per heavy atom. The van der Waals surface area contributed by atoms with Crippen LogP contribution in [0.2, 0.25) is 0 Å². The highest BCUT2D eigenvalue weighted by molar-refractivity contribution is 5.96. The van der Waals surface area contributed by atoms with Gasteiger partial charge in [0.1, 0.15) is 5.65 Å². The van der Waals surface area contributed by atoms with E-state index in [2.05, 4.69) is 15.3 Å². The number of nitrogens with zero attached hydrogens (tertiary/aromatic N) is 2. The average molecular weight is 380 g/mol. The summed E-state index contributed by atoms with van der Waals surface area (Å²) in [5.74, 6) is 0.953. The molecule has 1 fully saturated rings. The van der Waals surface area contributed by atoms with Crippen LogP contribution in [0.1, 0.15) is 34.8 Å². The Morgan fingerprint density at radius 3 is 2.86 bits per heavy atom. The number of nitrogens with one attached hydrogen (secondary N) is 2. The minimum atomic E-state index is -0.546. The second-order valence-electron chi connectivity index (χ2n) is 6.83. The van der Waals surface area contributed by atoms with Crippen LogP contribution in [-0.4, -0.2) is 27.2 Å². The predicted octanol–water partition coefficient (Wildman–Crippen LogP) is 1.08. The van der Waals surface area contributed by atoms with Gasteiger partial charge in [0.2, 0.25) is 6.79 Å². The quantitative estimate of drug-likeness (QED) is 0.700. The van der Waals surface area contributed by atoms with Gasteiger partial charge in [0.25, 0.3) is 11.5 Å². The number of benzene rings is 1. The summed E-state index contributed by atoms with van der Waals surface area (Å²) in [6.45, 7) is 0.472. The van der Waals surface area contributed by atoms with Gasteiger partial charge in [-0.1, -0.05) is 6.07 Å². The maximum Gasteiger partial charge on any atom is 0.330 e. The van der Waals surface area contributed by atoms with E-state index in [1.165, 1.54) is 16.8 Å². The Kier molecular flexibility index (Phi) is 3.68. The second kappa shape index (κ2) is 6.22. The molecule has 28 heavy (non-hydrogen) atoms. The average Bonchev–Trinajstić information content (AvgIpc) is 3.41. The molecule has 2 N–H and O–H groups in total. The van der Waals surface area contributed by atoms with Crippen LogP contribution in [0.4, 0.5) is 0 Å². The third-order valence-corrected chi connectivity index (χ3v) is 4.84. The van der Waals surface area contributed by atoms with Crippen molar-refractivity contribution in [3.05, 3.63) is 62.4 Å². The van der Waals surface area contributed by atoms with E-state index in [0.29, 0.717) is 17.1 Å². The topological polar surface area (TPSA) is 115 Å². The van der Waals surface area contributed by atoms with Gasteiger partial charge in [-0.3, -0.25) is 19.1 Å².